The van der Waals surface area contributed by atoms with Gasteiger partial charge in [0.2, 0.25) is 21.8 Å². The first-order valence-electron chi connectivity index (χ1n) is 15.7. The Morgan fingerprint density at radius 3 is 2.67 bits per heavy atom. The highest BCUT2D eigenvalue weighted by Gasteiger charge is 2.63. The van der Waals surface area contributed by atoms with Gasteiger partial charge < -0.3 is 20.7 Å². The van der Waals surface area contributed by atoms with Crippen LogP contribution in [0.15, 0.2) is 30.4 Å². The van der Waals surface area contributed by atoms with Crippen LogP contribution in [-0.4, -0.2) is 77.1 Å². The summed E-state index contributed by atoms with van der Waals surface area (Å²) in [6.07, 6.45) is 6.81. The van der Waals surface area contributed by atoms with Gasteiger partial charge in [-0.1, -0.05) is 37.1 Å². The van der Waals surface area contributed by atoms with Crippen LogP contribution in [0.4, 0.5) is 9.18 Å². The van der Waals surface area contributed by atoms with Crippen LogP contribution in [0.2, 0.25) is 0 Å². The lowest BCUT2D eigenvalue weighted by Crippen LogP contribution is -2.58. The summed E-state index contributed by atoms with van der Waals surface area (Å²) in [5, 5.41) is 2.79. The number of allylic oxidation sites excluding steroid dienone is 1. The largest absolute Gasteiger partial charge is 0.444 e. The Morgan fingerprint density at radius 1 is 1.16 bits per heavy atom. The van der Waals surface area contributed by atoms with E-state index in [9.17, 15) is 32.0 Å². The molecule has 12 nitrogen and oxygen atoms in total. The molecule has 4 N–H and O–H groups in total. The molecular formula is C31H40FN5O7S. The topological polar surface area (TPSA) is 168 Å². The number of nitrogens with zero attached hydrogens (tertiary/aromatic N) is 2. The van der Waals surface area contributed by atoms with Crippen LogP contribution in [0.5, 0.6) is 0 Å². The normalized spacial score (nSPS) is 31.1. The predicted molar refractivity (Wildman–Crippen MR) is 160 cm³/mol. The van der Waals surface area contributed by atoms with Gasteiger partial charge in [-0.25, -0.2) is 17.6 Å². The average Bonchev–Trinajstić information content (AvgIpc) is 3.78. The highest BCUT2D eigenvalue weighted by atomic mass is 32.2. The predicted octanol–water partition coefficient (Wildman–Crippen LogP) is 1.97. The Labute approximate surface area is 261 Å². The van der Waals surface area contributed by atoms with Crippen molar-refractivity contribution in [3.8, 4) is 0 Å². The van der Waals surface area contributed by atoms with Crippen LogP contribution < -0.4 is 15.8 Å². The van der Waals surface area contributed by atoms with E-state index < -0.39 is 74.0 Å². The zero-order valence-electron chi connectivity index (χ0n) is 25.3. The Bertz CT molecular complexity index is 1550. The van der Waals surface area contributed by atoms with Crippen molar-refractivity contribution in [3.05, 3.63) is 47.3 Å². The Kier molecular flexibility index (Phi) is 8.17. The van der Waals surface area contributed by atoms with Crippen LogP contribution in [-0.2, 0) is 42.2 Å². The zero-order chi connectivity index (χ0) is 32.1. The number of rotatable bonds is 4. The van der Waals surface area contributed by atoms with Gasteiger partial charge in [-0.2, -0.15) is 0 Å². The second-order valence-electron chi connectivity index (χ2n) is 13.3. The Morgan fingerprint density at radius 2 is 1.93 bits per heavy atom. The number of sulfonamides is 1. The van der Waals surface area contributed by atoms with E-state index in [0.29, 0.717) is 36.8 Å². The quantitative estimate of drug-likeness (QED) is 0.418. The molecule has 0 bridgehead atoms. The van der Waals surface area contributed by atoms with Gasteiger partial charge in [0.25, 0.3) is 5.91 Å². The number of hydrogen-bond donors (Lipinski definition) is 3. The average molecular weight is 646 g/mol. The zero-order valence-corrected chi connectivity index (χ0v) is 26.1. The third-order valence-electron chi connectivity index (χ3n) is 9.97. The van der Waals surface area contributed by atoms with Gasteiger partial charge in [0, 0.05) is 24.4 Å². The van der Waals surface area contributed by atoms with Crippen molar-refractivity contribution < 1.29 is 36.7 Å². The van der Waals surface area contributed by atoms with Crippen molar-refractivity contribution in [1.82, 2.24) is 19.8 Å². The van der Waals surface area contributed by atoms with Crippen molar-refractivity contribution in [2.75, 3.05) is 6.54 Å². The molecule has 1 aromatic carbocycles. The number of nitrogens with two attached hydrogens (primary N) is 1. The van der Waals surface area contributed by atoms with Crippen molar-refractivity contribution in [1.29, 1.82) is 0 Å². The first-order chi connectivity index (χ1) is 21.3. The Balaban J connectivity index is 1.21. The van der Waals surface area contributed by atoms with Crippen LogP contribution >= 0.6 is 0 Å². The van der Waals surface area contributed by atoms with Gasteiger partial charge in [-0.05, 0) is 57.1 Å². The van der Waals surface area contributed by atoms with E-state index in [1.807, 2.05) is 12.2 Å². The van der Waals surface area contributed by atoms with E-state index >= 15 is 0 Å². The van der Waals surface area contributed by atoms with Gasteiger partial charge in [0.15, 0.2) is 0 Å². The number of benzene rings is 1. The Hall–Kier alpha value is -3.52. The minimum atomic E-state index is -3.96. The number of fused-ring (bicyclic) bond motifs is 3. The number of carbonyl (C=O) groups is 4. The number of nitrogens with one attached hydrogen (secondary N) is 2. The molecule has 45 heavy (non-hydrogen) atoms. The fourth-order valence-corrected chi connectivity index (χ4v) is 7.88. The highest BCUT2D eigenvalue weighted by Crippen LogP contribution is 2.47. The molecule has 1 saturated heterocycles. The lowest BCUT2D eigenvalue weighted by Gasteiger charge is -2.28. The molecule has 2 aliphatic carbocycles. The summed E-state index contributed by atoms with van der Waals surface area (Å²) in [4.78, 5) is 56.8. The number of hydrogen-bond acceptors (Lipinski definition) is 8. The number of ether oxygens (including phenoxy) is 1. The van der Waals surface area contributed by atoms with Gasteiger partial charge in [-0.15, -0.1) is 0 Å². The lowest BCUT2D eigenvalue weighted by molar-refractivity contribution is -0.140. The molecule has 4 amide bonds. The number of halogens is 1. The minimum absolute atomic E-state index is 0.0412. The second-order valence-corrected chi connectivity index (χ2v) is 15.5. The SMILES string of the molecule is CC1(S(=O)(=O)NC(=O)C23CC2C=CCCCCCC(N)C(=O)N2CC(OC(=O)N4Cc5cccc(F)c5C4)CC2C(=O)N3)CC1. The molecule has 5 aliphatic rings. The fraction of sp³-hybridized carbons (Fsp3) is 0.613. The maximum Gasteiger partial charge on any atom is 0.410 e. The molecule has 14 heteroatoms. The molecule has 3 fully saturated rings. The van der Waals surface area contributed by atoms with E-state index in [0.717, 1.165) is 19.3 Å². The lowest BCUT2D eigenvalue weighted by atomic mass is 10.1. The smallest absolute Gasteiger partial charge is 0.410 e. The van der Waals surface area contributed by atoms with Gasteiger partial charge in [0.1, 0.15) is 23.5 Å². The van der Waals surface area contributed by atoms with Crippen molar-refractivity contribution in [3.63, 3.8) is 0 Å². The monoisotopic (exact) mass is 645 g/mol. The van der Waals surface area contributed by atoms with E-state index in [1.54, 1.807) is 19.1 Å². The van der Waals surface area contributed by atoms with Crippen molar-refractivity contribution in [2.24, 2.45) is 11.7 Å². The third-order valence-corrected chi connectivity index (χ3v) is 12.1. The standard InChI is InChI=1S/C31H40FN5O7S/c1-30(12-13-30)45(42,43)35-28(40)31-15-20(31)9-5-3-2-4-6-11-24(33)27(39)37-17-21(14-25(37)26(38)34-31)44-29(41)36-16-19-8-7-10-23(32)22(19)18-36/h5,7-10,20-21,24-25H,2-4,6,11-18,33H2,1H3,(H,34,38)(H,35,40). The third kappa shape index (κ3) is 6.06. The molecule has 1 aromatic rings. The minimum Gasteiger partial charge on any atom is -0.444 e. The molecule has 2 saturated carbocycles. The molecular weight excluding hydrogens is 605 g/mol. The van der Waals surface area contributed by atoms with E-state index in [1.165, 1.54) is 15.9 Å². The molecule has 5 atom stereocenters. The second kappa shape index (κ2) is 11.7. The fourth-order valence-electron chi connectivity index (χ4n) is 6.57. The number of carbonyl (C=O) groups excluding carboxylic acids is 4. The molecule has 0 spiro atoms. The maximum atomic E-state index is 14.3. The molecule has 3 aliphatic heterocycles. The molecule has 244 valence electrons. The summed E-state index contributed by atoms with van der Waals surface area (Å²) >= 11 is 0. The van der Waals surface area contributed by atoms with Gasteiger partial charge in [0.05, 0.1) is 23.9 Å². The van der Waals surface area contributed by atoms with E-state index in [2.05, 4.69) is 10.0 Å². The van der Waals surface area contributed by atoms with Crippen LogP contribution in [0.3, 0.4) is 0 Å². The molecule has 0 radical (unpaired) electrons. The maximum absolute atomic E-state index is 14.3. The summed E-state index contributed by atoms with van der Waals surface area (Å²) < 4.78 is 47.0. The van der Waals surface area contributed by atoms with Crippen LogP contribution in [0.1, 0.15) is 75.8 Å². The summed E-state index contributed by atoms with van der Waals surface area (Å²) in [6, 6.07) is 2.67. The number of amides is 4. The molecule has 5 unspecified atom stereocenters. The molecule has 6 rings (SSSR count). The summed E-state index contributed by atoms with van der Waals surface area (Å²) in [5.74, 6) is -2.75. The highest BCUT2D eigenvalue weighted by molar-refractivity contribution is 7.91. The molecule has 3 heterocycles. The van der Waals surface area contributed by atoms with Gasteiger partial charge in [-0.3, -0.25) is 24.0 Å². The molecule has 0 aromatic heterocycles. The van der Waals surface area contributed by atoms with Gasteiger partial charge >= 0.3 is 6.09 Å². The first kappa shape index (κ1) is 31.5. The van der Waals surface area contributed by atoms with Crippen molar-refractivity contribution >= 4 is 33.8 Å². The van der Waals surface area contributed by atoms with E-state index in [-0.39, 0.29) is 32.5 Å². The van der Waals surface area contributed by atoms with E-state index in [4.69, 9.17) is 10.5 Å². The van der Waals surface area contributed by atoms with Crippen molar-refractivity contribution in [2.45, 2.75) is 106 Å². The van der Waals surface area contributed by atoms with Crippen LogP contribution in [0.25, 0.3) is 0 Å². The first-order valence-corrected chi connectivity index (χ1v) is 17.2. The summed E-state index contributed by atoms with van der Waals surface area (Å²) in [6.45, 7) is 1.70. The summed E-state index contributed by atoms with van der Waals surface area (Å²) in [7, 11) is -3.96. The van der Waals surface area contributed by atoms with Crippen LogP contribution in [0, 0.1) is 11.7 Å². The summed E-state index contributed by atoms with van der Waals surface area (Å²) in [5.41, 5.74) is 5.88.